The summed E-state index contributed by atoms with van der Waals surface area (Å²) in [5.74, 6) is -2.82. The lowest BCUT2D eigenvalue weighted by Gasteiger charge is -2.25. The van der Waals surface area contributed by atoms with Crippen molar-refractivity contribution in [2.75, 3.05) is 0 Å². The maximum absolute atomic E-state index is 14.7. The Kier molecular flexibility index (Phi) is 7.92. The van der Waals surface area contributed by atoms with Gasteiger partial charge in [0.2, 0.25) is 0 Å². The van der Waals surface area contributed by atoms with E-state index >= 15 is 0 Å². The molecule has 0 fully saturated rings. The molecule has 0 aliphatic carbocycles. The van der Waals surface area contributed by atoms with Gasteiger partial charge in [-0.05, 0) is 37.1 Å². The molecule has 182 valence electrons. The number of alkyl halides is 3. The van der Waals surface area contributed by atoms with Gasteiger partial charge in [-0.3, -0.25) is 4.79 Å². The number of fused-ring (bicyclic) bond motifs is 1. The third kappa shape index (κ3) is 5.47. The average Bonchev–Trinajstić information content (AvgIpc) is 2.77. The Labute approximate surface area is 194 Å². The summed E-state index contributed by atoms with van der Waals surface area (Å²) < 4.78 is 58.9. The number of carboxylic acid groups (broad SMARTS) is 1. The molecule has 0 radical (unpaired) electrons. The number of hydrogen-bond acceptors (Lipinski definition) is 3. The molecular weight excluding hydrogens is 454 g/mol. The monoisotopic (exact) mass is 479 g/mol. The Morgan fingerprint density at radius 2 is 1.62 bits per heavy atom. The van der Waals surface area contributed by atoms with Crippen molar-refractivity contribution in [3.05, 3.63) is 77.1 Å². The second-order valence-corrected chi connectivity index (χ2v) is 7.71. The minimum absolute atomic E-state index is 0. The zero-order valence-corrected chi connectivity index (χ0v) is 17.8. The Bertz CT molecular complexity index is 1190. The van der Waals surface area contributed by atoms with Gasteiger partial charge in [0.25, 0.3) is 5.91 Å². The first-order valence-electron chi connectivity index (χ1n) is 10.0. The van der Waals surface area contributed by atoms with Crippen LogP contribution in [0.3, 0.4) is 0 Å². The van der Waals surface area contributed by atoms with Gasteiger partial charge in [-0.25, -0.2) is 9.18 Å². The van der Waals surface area contributed by atoms with E-state index in [0.29, 0.717) is 5.56 Å². The third-order valence-electron chi connectivity index (χ3n) is 5.42. The zero-order valence-electron chi connectivity index (χ0n) is 17.8. The minimum Gasteiger partial charge on any atom is -0.487 e. The lowest BCUT2D eigenvalue weighted by molar-refractivity contribution is -0.144. The van der Waals surface area contributed by atoms with Crippen molar-refractivity contribution in [1.82, 2.24) is 5.32 Å². The number of carbonyl (C=O) groups is 2. The molecule has 0 aliphatic rings. The maximum atomic E-state index is 14.7. The average molecular weight is 479 g/mol. The molecule has 3 rings (SSSR count). The second-order valence-electron chi connectivity index (χ2n) is 7.71. The van der Waals surface area contributed by atoms with Gasteiger partial charge in [0.05, 0.1) is 11.1 Å². The smallest absolute Gasteiger partial charge is 0.416 e. The normalized spacial score (nSPS) is 13.0. The van der Waals surface area contributed by atoms with E-state index in [9.17, 15) is 32.3 Å². The molecule has 0 aromatic heterocycles. The Balaban J connectivity index is 0.00000408. The van der Waals surface area contributed by atoms with Crippen molar-refractivity contribution < 1.29 is 37.0 Å². The van der Waals surface area contributed by atoms with Gasteiger partial charge < -0.3 is 15.2 Å². The van der Waals surface area contributed by atoms with Crippen molar-refractivity contribution in [3.8, 4) is 5.75 Å². The molecule has 1 amide bonds. The first-order chi connectivity index (χ1) is 15.5. The van der Waals surface area contributed by atoms with Crippen LogP contribution in [-0.4, -0.2) is 22.5 Å². The van der Waals surface area contributed by atoms with E-state index in [0.717, 1.165) is 18.2 Å². The Hall–Kier alpha value is -3.62. The van der Waals surface area contributed by atoms with Crippen molar-refractivity contribution in [2.24, 2.45) is 0 Å². The molecule has 2 N–H and O–H groups in total. The molecule has 3 aromatic rings. The molecule has 0 saturated carbocycles. The molecule has 0 spiro atoms. The summed E-state index contributed by atoms with van der Waals surface area (Å²) in [6.07, 6.45) is -4.40. The number of hydrogen-bond donors (Lipinski definition) is 2. The number of amides is 1. The fraction of sp³-hybridized carbons (Fsp3) is 0.280. The predicted octanol–water partition coefficient (Wildman–Crippen LogP) is 6.20. The van der Waals surface area contributed by atoms with Crippen LogP contribution in [0.4, 0.5) is 17.6 Å². The lowest BCUT2D eigenvalue weighted by atomic mass is 9.97. The van der Waals surface area contributed by atoms with E-state index in [4.69, 9.17) is 4.74 Å². The quantitative estimate of drug-likeness (QED) is 0.396. The summed E-state index contributed by atoms with van der Waals surface area (Å²) in [6.45, 7) is 2.71. The van der Waals surface area contributed by atoms with Crippen molar-refractivity contribution >= 4 is 22.6 Å². The first-order valence-corrected chi connectivity index (χ1v) is 10.0. The van der Waals surface area contributed by atoms with Gasteiger partial charge in [-0.15, -0.1) is 0 Å². The number of halogens is 4. The summed E-state index contributed by atoms with van der Waals surface area (Å²) in [5.41, 5.74) is -2.24. The van der Waals surface area contributed by atoms with Crippen LogP contribution in [0.5, 0.6) is 5.75 Å². The molecule has 34 heavy (non-hydrogen) atoms. The van der Waals surface area contributed by atoms with Crippen LogP contribution in [0, 0.1) is 5.82 Å². The van der Waals surface area contributed by atoms with Gasteiger partial charge in [0, 0.05) is 10.8 Å². The number of ether oxygens (including phenoxy) is 1. The Morgan fingerprint density at radius 3 is 2.15 bits per heavy atom. The first kappa shape index (κ1) is 26.6. The van der Waals surface area contributed by atoms with E-state index in [1.807, 2.05) is 0 Å². The van der Waals surface area contributed by atoms with Gasteiger partial charge in [0.15, 0.2) is 0 Å². The van der Waals surface area contributed by atoms with Crippen molar-refractivity contribution in [1.29, 1.82) is 0 Å². The number of carboxylic acids is 1. The number of benzene rings is 3. The third-order valence-corrected chi connectivity index (χ3v) is 5.42. The molecule has 0 aliphatic heterocycles. The van der Waals surface area contributed by atoms with Gasteiger partial charge in [0.1, 0.15) is 23.7 Å². The summed E-state index contributed by atoms with van der Waals surface area (Å²) in [6, 6.07) is 11.5. The minimum atomic E-state index is -4.48. The van der Waals surface area contributed by atoms with Crippen LogP contribution in [0.1, 0.15) is 49.2 Å². The number of nitrogens with one attached hydrogen (secondary N) is 1. The molecule has 0 unspecified atom stereocenters. The zero-order chi connectivity index (χ0) is 24.4. The highest BCUT2D eigenvalue weighted by Gasteiger charge is 2.34. The van der Waals surface area contributed by atoms with E-state index in [1.165, 1.54) is 31.2 Å². The largest absolute Gasteiger partial charge is 0.487 e. The van der Waals surface area contributed by atoms with Crippen LogP contribution < -0.4 is 10.1 Å². The van der Waals surface area contributed by atoms with E-state index in [1.54, 1.807) is 19.1 Å². The molecule has 9 heteroatoms. The molecule has 1 atom stereocenters. The van der Waals surface area contributed by atoms with Crippen LogP contribution >= 0.6 is 0 Å². The predicted molar refractivity (Wildman–Crippen MR) is 120 cm³/mol. The van der Waals surface area contributed by atoms with Crippen molar-refractivity contribution in [3.63, 3.8) is 0 Å². The highest BCUT2D eigenvalue weighted by molar-refractivity contribution is 6.05. The number of carbonyl (C=O) groups excluding carboxylic acids is 1. The van der Waals surface area contributed by atoms with Crippen molar-refractivity contribution in [2.45, 2.75) is 46.0 Å². The van der Waals surface area contributed by atoms with E-state index in [-0.39, 0.29) is 42.5 Å². The van der Waals surface area contributed by atoms with Crippen LogP contribution in [0.2, 0.25) is 0 Å². The lowest BCUT2D eigenvalue weighted by Crippen LogP contribution is -2.51. The molecule has 0 bridgehead atoms. The fourth-order valence-electron chi connectivity index (χ4n) is 3.19. The fourth-order valence-corrected chi connectivity index (χ4v) is 3.19. The molecule has 0 saturated heterocycles. The van der Waals surface area contributed by atoms with E-state index in [2.05, 4.69) is 5.32 Å². The molecule has 0 heterocycles. The molecular formula is C25H25F4NO4. The summed E-state index contributed by atoms with van der Waals surface area (Å²) in [7, 11) is 0. The number of rotatable bonds is 7. The van der Waals surface area contributed by atoms with Gasteiger partial charge in [-0.1, -0.05) is 50.7 Å². The maximum Gasteiger partial charge on any atom is 0.416 e. The molecule has 3 aromatic carbocycles. The number of aliphatic carboxylic acids is 1. The topological polar surface area (TPSA) is 75.6 Å². The Morgan fingerprint density at radius 1 is 1.03 bits per heavy atom. The second kappa shape index (κ2) is 10.1. The van der Waals surface area contributed by atoms with Crippen LogP contribution in [-0.2, 0) is 17.6 Å². The summed E-state index contributed by atoms with van der Waals surface area (Å²) >= 11 is 0. The van der Waals surface area contributed by atoms with E-state index < -0.39 is 35.0 Å². The highest BCUT2D eigenvalue weighted by Crippen LogP contribution is 2.34. The highest BCUT2D eigenvalue weighted by atomic mass is 19.4. The van der Waals surface area contributed by atoms with Crippen LogP contribution in [0.15, 0.2) is 54.6 Å². The summed E-state index contributed by atoms with van der Waals surface area (Å²) in [4.78, 5) is 24.6. The van der Waals surface area contributed by atoms with Gasteiger partial charge >= 0.3 is 12.1 Å². The summed E-state index contributed by atoms with van der Waals surface area (Å²) in [5, 5.41) is 12.3. The van der Waals surface area contributed by atoms with Gasteiger partial charge in [-0.2, -0.15) is 13.2 Å². The standard InChI is InChI=1S/C24H21F4NO4.CH4/c1-3-23(2,22(31)32)29-21(30)18-12-19(25)16-6-4-5-7-17(16)20(18)33-13-14-8-10-15(11-9-14)24(26,27)28;/h4-12H,3,13H2,1-2H3,(H,29,30)(H,31,32);1H4/t23-;/m0./s1. The molecule has 5 nitrogen and oxygen atoms in total. The SMILES string of the molecule is C.CC[C@](C)(NC(=O)c1cc(F)c2ccccc2c1OCc1ccc(C(F)(F)F)cc1)C(=O)O. The van der Waals surface area contributed by atoms with Crippen LogP contribution in [0.25, 0.3) is 10.8 Å².